The lowest BCUT2D eigenvalue weighted by molar-refractivity contribution is -0.142. The van der Waals surface area contributed by atoms with Gasteiger partial charge in [0.2, 0.25) is 22.7 Å². The number of hydrogen-bond acceptors (Lipinski definition) is 10. The summed E-state index contributed by atoms with van der Waals surface area (Å²) < 4.78 is 73.9. The zero-order chi connectivity index (χ0) is 40.1. The Bertz CT molecular complexity index is 2000. The Morgan fingerprint density at radius 3 is 2.51 bits per heavy atom. The quantitative estimate of drug-likeness (QED) is 0.340. The van der Waals surface area contributed by atoms with Crippen molar-refractivity contribution in [2.24, 2.45) is 17.8 Å². The van der Waals surface area contributed by atoms with Gasteiger partial charge in [-0.25, -0.2) is 31.7 Å². The Hall–Kier alpha value is -4.54. The van der Waals surface area contributed by atoms with Gasteiger partial charge in [-0.05, 0) is 76.5 Å². The topological polar surface area (TPSA) is 182 Å². The molecule has 55 heavy (non-hydrogen) atoms. The molecule has 3 N–H and O–H groups in total. The fourth-order valence-corrected chi connectivity index (χ4v) is 8.75. The molecule has 2 aromatic rings. The first-order chi connectivity index (χ1) is 25.8. The molecule has 2 aliphatic carbocycles. The number of alkyl halides is 1. The van der Waals surface area contributed by atoms with Crippen molar-refractivity contribution in [3.05, 3.63) is 42.4 Å². The van der Waals surface area contributed by atoms with Gasteiger partial charge in [-0.2, -0.15) is 0 Å². The standard InChI is InChI=1S/C38H49F2N5O9S/c1-21-9-7-8-10-23-18-38(23,34(48)44-55(50,51)37(40)13-14-37)43-31(46)28-17-25(53-32-27-16-24(39)11-12-26(27)29(52-6)19-41-32)20-45(28)33(47)30(22(2)15-21)42-35(49)54-36(3,4)5/h8,10-12,16,19,21-23,25,28,30H,7,9,13-15,17-18,20H2,1-6H3,(H,42,49)(H,43,46)(H,44,48)/b10-8-/t21-,22+,23-,25+,28-,30-,38+/m0/s1. The molecule has 1 aromatic carbocycles. The number of carbonyl (C=O) groups is 4. The number of methoxy groups -OCH3 is 1. The summed E-state index contributed by atoms with van der Waals surface area (Å²) in [5.74, 6) is -3.57. The molecule has 1 aromatic heterocycles. The fourth-order valence-electron chi connectivity index (χ4n) is 7.50. The van der Waals surface area contributed by atoms with E-state index in [4.69, 9.17) is 14.2 Å². The summed E-state index contributed by atoms with van der Waals surface area (Å²) in [7, 11) is -3.25. The van der Waals surface area contributed by atoms with Crippen LogP contribution < -0.4 is 24.8 Å². The molecule has 2 aliphatic heterocycles. The number of carbonyl (C=O) groups excluding carboxylic acids is 4. The molecule has 3 heterocycles. The molecule has 7 atom stereocenters. The Kier molecular flexibility index (Phi) is 10.8. The third-order valence-corrected chi connectivity index (χ3v) is 12.5. The van der Waals surface area contributed by atoms with Crippen molar-refractivity contribution >= 4 is 44.6 Å². The van der Waals surface area contributed by atoms with E-state index in [9.17, 15) is 36.4 Å². The Morgan fingerprint density at radius 2 is 1.84 bits per heavy atom. The van der Waals surface area contributed by atoms with Crippen molar-refractivity contribution in [3.63, 3.8) is 0 Å². The number of nitrogens with zero attached hydrogens (tertiary/aromatic N) is 2. The maximum atomic E-state index is 14.8. The van der Waals surface area contributed by atoms with Crippen molar-refractivity contribution in [2.45, 2.75) is 114 Å². The van der Waals surface area contributed by atoms with Gasteiger partial charge in [0.05, 0.1) is 25.2 Å². The second kappa shape index (κ2) is 14.8. The molecule has 300 valence electrons. The zero-order valence-corrected chi connectivity index (χ0v) is 32.6. The van der Waals surface area contributed by atoms with Gasteiger partial charge in [-0.3, -0.25) is 14.4 Å². The fraction of sp³-hybridized carbons (Fsp3) is 0.605. The highest BCUT2D eigenvalue weighted by atomic mass is 32.2. The average Bonchev–Trinajstić information content (AvgIpc) is 3.98. The number of pyridine rings is 1. The minimum atomic E-state index is -4.69. The lowest BCUT2D eigenvalue weighted by Crippen LogP contribution is -2.59. The SMILES string of the molecule is COc1cnc(O[C@@H]2C[C@H]3C(=O)N[C@]4(C(=O)NS(=O)(=O)C5(F)CC5)C[C@@H]4/C=C\CC[C@H](C)C[C@@H](C)[C@H](NC(=O)OC(C)(C)C)C(=O)N3C2)c2cc(F)ccc12. The molecular formula is C38H49F2N5O9S. The van der Waals surface area contributed by atoms with Crippen LogP contribution in [0.3, 0.4) is 0 Å². The van der Waals surface area contributed by atoms with E-state index in [0.29, 0.717) is 30.4 Å². The van der Waals surface area contributed by atoms with E-state index in [2.05, 4.69) is 15.6 Å². The van der Waals surface area contributed by atoms with Crippen LogP contribution in [0.25, 0.3) is 10.8 Å². The summed E-state index contributed by atoms with van der Waals surface area (Å²) >= 11 is 0. The summed E-state index contributed by atoms with van der Waals surface area (Å²) in [6.45, 7) is 8.75. The van der Waals surface area contributed by atoms with Crippen LogP contribution in [0.1, 0.15) is 79.6 Å². The number of amides is 4. The Balaban J connectivity index is 1.36. The molecule has 0 radical (unpaired) electrons. The molecule has 0 bridgehead atoms. The van der Waals surface area contributed by atoms with Crippen LogP contribution in [0.4, 0.5) is 13.6 Å². The van der Waals surface area contributed by atoms with Crippen molar-refractivity contribution in [1.82, 2.24) is 25.2 Å². The first kappa shape index (κ1) is 40.1. The summed E-state index contributed by atoms with van der Waals surface area (Å²) in [5.41, 5.74) is -2.61. The normalized spacial score (nSPS) is 30.1. The molecular weight excluding hydrogens is 741 g/mol. The summed E-state index contributed by atoms with van der Waals surface area (Å²) in [4.78, 5) is 61.6. The number of sulfonamides is 1. The van der Waals surface area contributed by atoms with E-state index in [0.717, 1.165) is 0 Å². The van der Waals surface area contributed by atoms with Crippen LogP contribution in [-0.2, 0) is 29.1 Å². The Labute approximate surface area is 319 Å². The number of nitrogens with one attached hydrogen (secondary N) is 3. The lowest BCUT2D eigenvalue weighted by Gasteiger charge is -2.33. The number of alkyl carbamates (subject to hydrolysis) is 1. The molecule has 6 rings (SSSR count). The molecule has 4 amide bonds. The van der Waals surface area contributed by atoms with Crippen LogP contribution in [0.2, 0.25) is 0 Å². The second-order valence-corrected chi connectivity index (χ2v) is 18.3. The number of benzene rings is 1. The van der Waals surface area contributed by atoms with E-state index in [1.54, 1.807) is 26.8 Å². The second-order valence-electron chi connectivity index (χ2n) is 16.3. The zero-order valence-electron chi connectivity index (χ0n) is 31.8. The molecule has 4 aliphatic rings. The van der Waals surface area contributed by atoms with Gasteiger partial charge in [0.25, 0.3) is 15.9 Å². The van der Waals surface area contributed by atoms with E-state index in [-0.39, 0.29) is 49.4 Å². The largest absolute Gasteiger partial charge is 0.494 e. The lowest BCUT2D eigenvalue weighted by atomic mass is 9.88. The average molecular weight is 790 g/mol. The Morgan fingerprint density at radius 1 is 1.11 bits per heavy atom. The highest BCUT2D eigenvalue weighted by molar-refractivity contribution is 7.91. The highest BCUT2D eigenvalue weighted by Gasteiger charge is 2.64. The predicted molar refractivity (Wildman–Crippen MR) is 196 cm³/mol. The third-order valence-electron chi connectivity index (χ3n) is 10.7. The van der Waals surface area contributed by atoms with Crippen molar-refractivity contribution in [1.29, 1.82) is 0 Å². The summed E-state index contributed by atoms with van der Waals surface area (Å²) in [5, 5.41) is 3.71. The third kappa shape index (κ3) is 8.50. The number of rotatable bonds is 7. The smallest absolute Gasteiger partial charge is 0.408 e. The first-order valence-corrected chi connectivity index (χ1v) is 20.1. The number of ether oxygens (including phenoxy) is 3. The number of halogens is 2. The number of aromatic nitrogens is 1. The minimum absolute atomic E-state index is 0.0233. The molecule has 2 saturated carbocycles. The molecule has 0 spiro atoms. The maximum Gasteiger partial charge on any atom is 0.408 e. The molecule has 1 saturated heterocycles. The number of fused-ring (bicyclic) bond motifs is 3. The van der Waals surface area contributed by atoms with Crippen LogP contribution >= 0.6 is 0 Å². The van der Waals surface area contributed by atoms with Crippen LogP contribution in [-0.4, -0.2) is 90.1 Å². The van der Waals surface area contributed by atoms with Gasteiger partial charge in [-0.1, -0.05) is 26.0 Å². The van der Waals surface area contributed by atoms with Crippen molar-refractivity contribution in [2.75, 3.05) is 13.7 Å². The van der Waals surface area contributed by atoms with E-state index < -0.39 is 85.8 Å². The monoisotopic (exact) mass is 789 g/mol. The van der Waals surface area contributed by atoms with Gasteiger partial charge < -0.3 is 29.7 Å². The van der Waals surface area contributed by atoms with E-state index in [1.807, 2.05) is 24.6 Å². The maximum absolute atomic E-state index is 14.8. The highest BCUT2D eigenvalue weighted by Crippen LogP contribution is 2.48. The molecule has 0 unspecified atom stereocenters. The van der Waals surface area contributed by atoms with Gasteiger partial charge in [0.1, 0.15) is 40.9 Å². The number of allylic oxidation sites excluding steroid dienone is 1. The number of hydrogen-bond donors (Lipinski definition) is 3. The van der Waals surface area contributed by atoms with Crippen LogP contribution in [0.15, 0.2) is 36.5 Å². The van der Waals surface area contributed by atoms with Crippen LogP contribution in [0, 0.1) is 23.6 Å². The summed E-state index contributed by atoms with van der Waals surface area (Å²) in [6, 6.07) is 1.59. The van der Waals surface area contributed by atoms with Gasteiger partial charge in [-0.15, -0.1) is 0 Å². The molecule has 3 fully saturated rings. The first-order valence-electron chi connectivity index (χ1n) is 18.6. The van der Waals surface area contributed by atoms with Gasteiger partial charge in [0.15, 0.2) is 0 Å². The van der Waals surface area contributed by atoms with Crippen molar-refractivity contribution in [3.8, 4) is 11.6 Å². The predicted octanol–water partition coefficient (Wildman–Crippen LogP) is 4.42. The van der Waals surface area contributed by atoms with E-state index in [1.165, 1.54) is 36.4 Å². The minimum Gasteiger partial charge on any atom is -0.494 e. The van der Waals surface area contributed by atoms with E-state index >= 15 is 0 Å². The van der Waals surface area contributed by atoms with Gasteiger partial charge in [0, 0.05) is 30.6 Å². The van der Waals surface area contributed by atoms with Crippen molar-refractivity contribution < 1.29 is 50.6 Å². The van der Waals surface area contributed by atoms with Crippen LogP contribution in [0.5, 0.6) is 11.6 Å². The molecule has 14 nitrogen and oxygen atoms in total. The summed E-state index contributed by atoms with van der Waals surface area (Å²) in [6.07, 6.45) is 4.54. The van der Waals surface area contributed by atoms with Gasteiger partial charge >= 0.3 is 6.09 Å². The molecule has 17 heteroatoms.